The Labute approximate surface area is 139 Å². The van der Waals surface area contributed by atoms with E-state index in [4.69, 9.17) is 0 Å². The molecule has 1 amide bonds. The number of rotatable bonds is 5. The van der Waals surface area contributed by atoms with Crippen molar-refractivity contribution in [3.63, 3.8) is 0 Å². The molecule has 3 aromatic rings. The van der Waals surface area contributed by atoms with E-state index in [1.807, 2.05) is 31.3 Å². The van der Waals surface area contributed by atoms with Crippen LogP contribution in [0.1, 0.15) is 16.7 Å². The van der Waals surface area contributed by atoms with Crippen molar-refractivity contribution in [2.45, 2.75) is 19.9 Å². The van der Waals surface area contributed by atoms with Gasteiger partial charge < -0.3 is 5.32 Å². The summed E-state index contributed by atoms with van der Waals surface area (Å²) in [5, 5.41) is 7.11. The molecule has 24 heavy (non-hydrogen) atoms. The zero-order valence-electron chi connectivity index (χ0n) is 13.4. The number of carbonyl (C=O) groups excluding carboxylic acids is 1. The van der Waals surface area contributed by atoms with Crippen LogP contribution in [-0.4, -0.2) is 15.7 Å². The Morgan fingerprint density at radius 1 is 1.12 bits per heavy atom. The molecule has 0 bridgehead atoms. The number of aryl methyl sites for hydroxylation is 1. The first kappa shape index (κ1) is 15.9. The van der Waals surface area contributed by atoms with Crippen molar-refractivity contribution in [1.82, 2.24) is 9.78 Å². The summed E-state index contributed by atoms with van der Waals surface area (Å²) in [4.78, 5) is 12.0. The second kappa shape index (κ2) is 7.08. The number of anilines is 1. The van der Waals surface area contributed by atoms with Gasteiger partial charge in [0.25, 0.3) is 0 Å². The highest BCUT2D eigenvalue weighted by atomic mass is 19.1. The molecule has 0 radical (unpaired) electrons. The summed E-state index contributed by atoms with van der Waals surface area (Å²) in [5.74, 6) is 0.0197. The van der Waals surface area contributed by atoms with Crippen molar-refractivity contribution >= 4 is 11.7 Å². The van der Waals surface area contributed by atoms with Crippen molar-refractivity contribution in [2.75, 3.05) is 5.32 Å². The van der Waals surface area contributed by atoms with Crippen LogP contribution in [0.5, 0.6) is 0 Å². The molecule has 2 aromatic carbocycles. The smallest absolute Gasteiger partial charge is 0.229 e. The molecule has 1 aromatic heterocycles. The summed E-state index contributed by atoms with van der Waals surface area (Å²) in [6, 6.07) is 15.9. The van der Waals surface area contributed by atoms with Gasteiger partial charge in [-0.1, -0.05) is 42.0 Å². The highest BCUT2D eigenvalue weighted by Crippen LogP contribution is 2.10. The van der Waals surface area contributed by atoms with Crippen molar-refractivity contribution in [3.8, 4) is 0 Å². The van der Waals surface area contributed by atoms with Gasteiger partial charge in [-0.25, -0.2) is 4.39 Å². The van der Waals surface area contributed by atoms with Crippen LogP contribution in [0.25, 0.3) is 0 Å². The minimum atomic E-state index is -0.311. The van der Waals surface area contributed by atoms with Gasteiger partial charge >= 0.3 is 0 Å². The van der Waals surface area contributed by atoms with E-state index in [9.17, 15) is 9.18 Å². The second-order valence-electron chi connectivity index (χ2n) is 5.74. The highest BCUT2D eigenvalue weighted by Gasteiger charge is 2.07. The molecule has 3 rings (SSSR count). The number of hydrogen-bond acceptors (Lipinski definition) is 2. The monoisotopic (exact) mass is 323 g/mol. The van der Waals surface area contributed by atoms with Gasteiger partial charge in [0.2, 0.25) is 5.91 Å². The molecular formula is C19H18FN3O. The summed E-state index contributed by atoms with van der Waals surface area (Å²) in [5.41, 5.74) is 3.11. The Bertz CT molecular complexity index is 840. The summed E-state index contributed by atoms with van der Waals surface area (Å²) in [6.07, 6.45) is 2.01. The Balaban J connectivity index is 1.59. The zero-order chi connectivity index (χ0) is 16.9. The van der Waals surface area contributed by atoms with E-state index in [1.54, 1.807) is 22.9 Å². The van der Waals surface area contributed by atoms with Gasteiger partial charge in [0.15, 0.2) is 5.82 Å². The van der Waals surface area contributed by atoms with E-state index >= 15 is 0 Å². The summed E-state index contributed by atoms with van der Waals surface area (Å²) in [6.45, 7) is 2.70. The molecule has 122 valence electrons. The van der Waals surface area contributed by atoms with Crippen molar-refractivity contribution in [2.24, 2.45) is 0 Å². The third-order valence-corrected chi connectivity index (χ3v) is 3.61. The maximum Gasteiger partial charge on any atom is 0.229 e. The minimum absolute atomic E-state index is 0.178. The van der Waals surface area contributed by atoms with Gasteiger partial charge in [0, 0.05) is 12.3 Å². The fraction of sp³-hybridized carbons (Fsp3) is 0.158. The number of aromatic nitrogens is 2. The van der Waals surface area contributed by atoms with Gasteiger partial charge in [-0.05, 0) is 30.2 Å². The van der Waals surface area contributed by atoms with Gasteiger partial charge in [-0.2, -0.15) is 5.10 Å². The number of halogens is 1. The van der Waals surface area contributed by atoms with Gasteiger partial charge in [0.1, 0.15) is 5.82 Å². The number of amides is 1. The Hall–Kier alpha value is -2.95. The standard InChI is InChI=1S/C19H18FN3O/c1-14-3-2-4-16(11-14)13-23-10-9-18(22-23)21-19(24)12-15-5-7-17(20)8-6-15/h2-11H,12-13H2,1H3,(H,21,22,24). The molecule has 1 heterocycles. The molecule has 0 fully saturated rings. The second-order valence-corrected chi connectivity index (χ2v) is 5.74. The Kier molecular flexibility index (Phi) is 4.70. The van der Waals surface area contributed by atoms with E-state index in [1.165, 1.54) is 17.7 Å². The zero-order valence-corrected chi connectivity index (χ0v) is 13.4. The lowest BCUT2D eigenvalue weighted by Crippen LogP contribution is -2.15. The fourth-order valence-electron chi connectivity index (χ4n) is 2.49. The van der Waals surface area contributed by atoms with Gasteiger partial charge in [-0.15, -0.1) is 0 Å². The number of nitrogens with one attached hydrogen (secondary N) is 1. The van der Waals surface area contributed by atoms with E-state index < -0.39 is 0 Å². The average molecular weight is 323 g/mol. The van der Waals surface area contributed by atoms with Gasteiger partial charge in [0.05, 0.1) is 13.0 Å². The maximum atomic E-state index is 12.9. The molecular weight excluding hydrogens is 305 g/mol. The summed E-state index contributed by atoms with van der Waals surface area (Å²) in [7, 11) is 0. The largest absolute Gasteiger partial charge is 0.309 e. The molecule has 0 aliphatic carbocycles. The van der Waals surface area contributed by atoms with Crippen LogP contribution in [-0.2, 0) is 17.8 Å². The first-order chi connectivity index (χ1) is 11.6. The summed E-state index contributed by atoms with van der Waals surface area (Å²) >= 11 is 0. The average Bonchev–Trinajstić information content (AvgIpc) is 2.96. The predicted molar refractivity (Wildman–Crippen MR) is 91.2 cm³/mol. The van der Waals surface area contributed by atoms with E-state index in [-0.39, 0.29) is 18.1 Å². The normalized spacial score (nSPS) is 10.6. The maximum absolute atomic E-state index is 12.9. The predicted octanol–water partition coefficient (Wildman–Crippen LogP) is 3.56. The molecule has 1 N–H and O–H groups in total. The number of carbonyl (C=O) groups is 1. The SMILES string of the molecule is Cc1cccc(Cn2ccc(NC(=O)Cc3ccc(F)cc3)n2)c1. The Morgan fingerprint density at radius 3 is 2.67 bits per heavy atom. The van der Waals surface area contributed by atoms with Crippen LogP contribution in [0.15, 0.2) is 60.8 Å². The van der Waals surface area contributed by atoms with Crippen molar-refractivity contribution in [1.29, 1.82) is 0 Å². The van der Waals surface area contributed by atoms with Crippen molar-refractivity contribution in [3.05, 3.63) is 83.3 Å². The number of benzene rings is 2. The van der Waals surface area contributed by atoms with Crippen LogP contribution in [0, 0.1) is 12.7 Å². The van der Waals surface area contributed by atoms with Crippen LogP contribution >= 0.6 is 0 Å². The molecule has 4 nitrogen and oxygen atoms in total. The van der Waals surface area contributed by atoms with E-state index in [0.717, 1.165) is 11.1 Å². The van der Waals surface area contributed by atoms with Crippen molar-refractivity contribution < 1.29 is 9.18 Å². The molecule has 0 atom stereocenters. The number of nitrogens with zero attached hydrogens (tertiary/aromatic N) is 2. The molecule has 0 saturated heterocycles. The third-order valence-electron chi connectivity index (χ3n) is 3.61. The van der Waals surface area contributed by atoms with Gasteiger partial charge in [-0.3, -0.25) is 9.48 Å². The van der Waals surface area contributed by atoms with Crippen LogP contribution in [0.4, 0.5) is 10.2 Å². The third kappa shape index (κ3) is 4.29. The number of hydrogen-bond donors (Lipinski definition) is 1. The quantitative estimate of drug-likeness (QED) is 0.780. The Morgan fingerprint density at radius 2 is 1.92 bits per heavy atom. The van der Waals surface area contributed by atoms with Crippen LogP contribution < -0.4 is 5.32 Å². The first-order valence-corrected chi connectivity index (χ1v) is 7.72. The molecule has 0 saturated carbocycles. The van der Waals surface area contributed by atoms with E-state index in [2.05, 4.69) is 16.5 Å². The lowest BCUT2D eigenvalue weighted by molar-refractivity contribution is -0.115. The topological polar surface area (TPSA) is 46.9 Å². The fourth-order valence-corrected chi connectivity index (χ4v) is 2.49. The molecule has 0 spiro atoms. The minimum Gasteiger partial charge on any atom is -0.309 e. The first-order valence-electron chi connectivity index (χ1n) is 7.72. The van der Waals surface area contributed by atoms with Crippen LogP contribution in [0.3, 0.4) is 0 Å². The molecule has 0 aliphatic heterocycles. The lowest BCUT2D eigenvalue weighted by Gasteiger charge is -2.04. The van der Waals surface area contributed by atoms with E-state index in [0.29, 0.717) is 12.4 Å². The molecule has 5 heteroatoms. The summed E-state index contributed by atoms with van der Waals surface area (Å²) < 4.78 is 14.6. The molecule has 0 unspecified atom stereocenters. The lowest BCUT2D eigenvalue weighted by atomic mass is 10.1. The highest BCUT2D eigenvalue weighted by molar-refractivity contribution is 5.91. The molecule has 0 aliphatic rings. The van der Waals surface area contributed by atoms with Crippen LogP contribution in [0.2, 0.25) is 0 Å².